The fourth-order valence-electron chi connectivity index (χ4n) is 2.76. The van der Waals surface area contributed by atoms with Gasteiger partial charge >= 0.3 is 0 Å². The molecular formula is C18H19N3O3S. The van der Waals surface area contributed by atoms with E-state index in [-0.39, 0.29) is 17.4 Å². The number of fused-ring (bicyclic) bond motifs is 1. The molecule has 0 aliphatic carbocycles. The largest absolute Gasteiger partial charge is 0.358 e. The van der Waals surface area contributed by atoms with Gasteiger partial charge in [0.05, 0.1) is 18.3 Å². The zero-order valence-electron chi connectivity index (χ0n) is 14.3. The molecule has 0 spiro atoms. The molecule has 0 aliphatic rings. The second kappa shape index (κ2) is 6.33. The molecule has 1 amide bonds. The van der Waals surface area contributed by atoms with Gasteiger partial charge in [-0.2, -0.15) is 0 Å². The number of nitrogens with one attached hydrogen (secondary N) is 2. The van der Waals surface area contributed by atoms with E-state index in [1.54, 1.807) is 0 Å². The molecule has 0 unspecified atom stereocenters. The van der Waals surface area contributed by atoms with Gasteiger partial charge in [-0.25, -0.2) is 13.4 Å². The van der Waals surface area contributed by atoms with Gasteiger partial charge < -0.3 is 10.3 Å². The van der Waals surface area contributed by atoms with Gasteiger partial charge in [0.2, 0.25) is 5.91 Å². The summed E-state index contributed by atoms with van der Waals surface area (Å²) in [5.41, 5.74) is 4.52. The first kappa shape index (κ1) is 17.2. The van der Waals surface area contributed by atoms with Crippen molar-refractivity contribution in [3.63, 3.8) is 0 Å². The maximum atomic E-state index is 12.4. The third kappa shape index (κ3) is 3.71. The van der Waals surface area contributed by atoms with E-state index in [1.165, 1.54) is 18.3 Å². The lowest BCUT2D eigenvalue weighted by molar-refractivity contribution is -0.115. The van der Waals surface area contributed by atoms with Crippen LogP contribution in [0.25, 0.3) is 10.9 Å². The Balaban J connectivity index is 1.79. The average molecular weight is 357 g/mol. The highest BCUT2D eigenvalue weighted by molar-refractivity contribution is 7.90. The number of nitrogens with zero attached hydrogens (tertiary/aromatic N) is 1. The summed E-state index contributed by atoms with van der Waals surface area (Å²) in [6.07, 6.45) is 2.67. The van der Waals surface area contributed by atoms with Crippen LogP contribution >= 0.6 is 0 Å². The number of pyridine rings is 1. The van der Waals surface area contributed by atoms with Gasteiger partial charge in [0, 0.05) is 22.9 Å². The standard InChI is InChI=1S/C18H19N3O3S/c1-11-4-6-16-15(8-11)14(12(2)20-16)9-17(22)21-13-5-7-18(19-10-13)25(3,23)24/h4-8,10,20H,9H2,1-3H3,(H,21,22). The van der Waals surface area contributed by atoms with Crippen LogP contribution in [-0.2, 0) is 21.1 Å². The number of H-pyrrole nitrogens is 1. The Morgan fingerprint density at radius 3 is 2.60 bits per heavy atom. The van der Waals surface area contributed by atoms with Gasteiger partial charge in [0.1, 0.15) is 0 Å². The Bertz CT molecular complexity index is 1050. The summed E-state index contributed by atoms with van der Waals surface area (Å²) in [7, 11) is -3.35. The van der Waals surface area contributed by atoms with Crippen molar-refractivity contribution in [3.8, 4) is 0 Å². The molecule has 7 heteroatoms. The molecule has 3 rings (SSSR count). The highest BCUT2D eigenvalue weighted by Crippen LogP contribution is 2.24. The first-order valence-electron chi connectivity index (χ1n) is 7.78. The van der Waals surface area contributed by atoms with E-state index in [1.807, 2.05) is 26.0 Å². The van der Waals surface area contributed by atoms with Crippen LogP contribution in [0, 0.1) is 13.8 Å². The smallest absolute Gasteiger partial charge is 0.228 e. The molecule has 0 saturated carbocycles. The van der Waals surface area contributed by atoms with E-state index in [9.17, 15) is 13.2 Å². The highest BCUT2D eigenvalue weighted by Gasteiger charge is 2.14. The van der Waals surface area contributed by atoms with Crippen LogP contribution in [0.1, 0.15) is 16.8 Å². The number of hydrogen-bond donors (Lipinski definition) is 2. The molecular weight excluding hydrogens is 338 g/mol. The van der Waals surface area contributed by atoms with Crippen LogP contribution in [-0.4, -0.2) is 30.5 Å². The second-order valence-electron chi connectivity index (χ2n) is 6.16. The van der Waals surface area contributed by atoms with E-state index < -0.39 is 9.84 Å². The quantitative estimate of drug-likeness (QED) is 0.751. The number of rotatable bonds is 4. The predicted molar refractivity (Wildman–Crippen MR) is 97.5 cm³/mol. The Kier molecular flexibility index (Phi) is 4.34. The molecule has 3 aromatic rings. The number of anilines is 1. The number of benzene rings is 1. The van der Waals surface area contributed by atoms with Crippen molar-refractivity contribution in [2.75, 3.05) is 11.6 Å². The lowest BCUT2D eigenvalue weighted by Gasteiger charge is -2.06. The number of carbonyl (C=O) groups is 1. The third-order valence-electron chi connectivity index (χ3n) is 4.01. The van der Waals surface area contributed by atoms with Crippen LogP contribution < -0.4 is 5.32 Å². The van der Waals surface area contributed by atoms with Crippen molar-refractivity contribution in [3.05, 3.63) is 53.3 Å². The first-order valence-corrected chi connectivity index (χ1v) is 9.67. The van der Waals surface area contributed by atoms with Gasteiger partial charge in [-0.15, -0.1) is 0 Å². The molecule has 0 bridgehead atoms. The number of aromatic amines is 1. The number of aryl methyl sites for hydroxylation is 2. The van der Waals surface area contributed by atoms with Crippen LogP contribution in [0.3, 0.4) is 0 Å². The van der Waals surface area contributed by atoms with Crippen molar-refractivity contribution in [1.82, 2.24) is 9.97 Å². The number of carbonyl (C=O) groups excluding carboxylic acids is 1. The van der Waals surface area contributed by atoms with E-state index in [0.29, 0.717) is 5.69 Å². The van der Waals surface area contributed by atoms with Gasteiger partial charge in [-0.1, -0.05) is 11.6 Å². The maximum absolute atomic E-state index is 12.4. The number of amides is 1. The molecule has 0 saturated heterocycles. The molecule has 0 radical (unpaired) electrons. The Labute approximate surface area is 146 Å². The van der Waals surface area contributed by atoms with Crippen molar-refractivity contribution >= 4 is 32.3 Å². The van der Waals surface area contributed by atoms with E-state index in [4.69, 9.17) is 0 Å². The van der Waals surface area contributed by atoms with Crippen LogP contribution in [0.4, 0.5) is 5.69 Å². The topological polar surface area (TPSA) is 91.9 Å². The van der Waals surface area contributed by atoms with E-state index in [2.05, 4.69) is 21.4 Å². The number of sulfone groups is 1. The van der Waals surface area contributed by atoms with Gasteiger partial charge in [-0.05, 0) is 43.7 Å². The summed E-state index contributed by atoms with van der Waals surface area (Å²) >= 11 is 0. The SMILES string of the molecule is Cc1ccc2[nH]c(C)c(CC(=O)Nc3ccc(S(C)(=O)=O)nc3)c2c1. The summed E-state index contributed by atoms with van der Waals surface area (Å²) in [5, 5.41) is 3.78. The van der Waals surface area contributed by atoms with E-state index in [0.717, 1.165) is 34.0 Å². The monoisotopic (exact) mass is 357 g/mol. The fraction of sp³-hybridized carbons (Fsp3) is 0.222. The molecule has 25 heavy (non-hydrogen) atoms. The molecule has 130 valence electrons. The zero-order valence-corrected chi connectivity index (χ0v) is 15.1. The van der Waals surface area contributed by atoms with E-state index >= 15 is 0 Å². The molecule has 6 nitrogen and oxygen atoms in total. The second-order valence-corrected chi connectivity index (χ2v) is 8.12. The van der Waals surface area contributed by atoms with Gasteiger partial charge in [-0.3, -0.25) is 4.79 Å². The minimum Gasteiger partial charge on any atom is -0.358 e. The summed E-state index contributed by atoms with van der Waals surface area (Å²) in [6, 6.07) is 9.01. The van der Waals surface area contributed by atoms with Crippen molar-refractivity contribution in [1.29, 1.82) is 0 Å². The normalized spacial score (nSPS) is 11.6. The lowest BCUT2D eigenvalue weighted by Crippen LogP contribution is -2.15. The number of aromatic nitrogens is 2. The molecule has 0 atom stereocenters. The lowest BCUT2D eigenvalue weighted by atomic mass is 10.1. The Hall–Kier alpha value is -2.67. The highest BCUT2D eigenvalue weighted by atomic mass is 32.2. The first-order chi connectivity index (χ1) is 11.7. The minimum atomic E-state index is -3.35. The van der Waals surface area contributed by atoms with Crippen LogP contribution in [0.2, 0.25) is 0 Å². The summed E-state index contributed by atoms with van der Waals surface area (Å²) in [5.74, 6) is -0.181. The minimum absolute atomic E-state index is 0.0200. The molecule has 2 N–H and O–H groups in total. The zero-order chi connectivity index (χ0) is 18.2. The molecule has 1 aromatic carbocycles. The molecule has 0 aliphatic heterocycles. The van der Waals surface area contributed by atoms with Gasteiger partial charge in [0.25, 0.3) is 0 Å². The Morgan fingerprint density at radius 1 is 1.20 bits per heavy atom. The fourth-order valence-corrected chi connectivity index (χ4v) is 3.32. The van der Waals surface area contributed by atoms with Gasteiger partial charge in [0.15, 0.2) is 14.9 Å². The molecule has 0 fully saturated rings. The summed E-state index contributed by atoms with van der Waals surface area (Å²) in [4.78, 5) is 19.5. The average Bonchev–Trinajstić information content (AvgIpc) is 2.82. The van der Waals surface area contributed by atoms with Crippen LogP contribution in [0.15, 0.2) is 41.6 Å². The third-order valence-corrected chi connectivity index (χ3v) is 5.01. The summed E-state index contributed by atoms with van der Waals surface area (Å²) in [6.45, 7) is 3.96. The van der Waals surface area contributed by atoms with Crippen molar-refractivity contribution < 1.29 is 13.2 Å². The van der Waals surface area contributed by atoms with Crippen molar-refractivity contribution in [2.24, 2.45) is 0 Å². The predicted octanol–water partition coefficient (Wildman–Crippen LogP) is 2.76. The molecule has 2 aromatic heterocycles. The van der Waals surface area contributed by atoms with Crippen molar-refractivity contribution in [2.45, 2.75) is 25.3 Å². The molecule has 2 heterocycles. The maximum Gasteiger partial charge on any atom is 0.228 e. The number of hydrogen-bond acceptors (Lipinski definition) is 4. The van der Waals surface area contributed by atoms with Crippen LogP contribution in [0.5, 0.6) is 0 Å². The Morgan fingerprint density at radius 2 is 1.96 bits per heavy atom. The summed E-state index contributed by atoms with van der Waals surface area (Å²) < 4.78 is 22.8.